The second kappa shape index (κ2) is 8.20. The van der Waals surface area contributed by atoms with E-state index in [9.17, 15) is 4.79 Å². The van der Waals surface area contributed by atoms with Crippen molar-refractivity contribution in [3.63, 3.8) is 0 Å². The van der Waals surface area contributed by atoms with E-state index in [-0.39, 0.29) is 18.4 Å². The predicted octanol–water partition coefficient (Wildman–Crippen LogP) is 2.74. The van der Waals surface area contributed by atoms with Crippen LogP contribution in [0.4, 0.5) is 0 Å². The molecule has 4 nitrogen and oxygen atoms in total. The van der Waals surface area contributed by atoms with Crippen LogP contribution in [-0.4, -0.2) is 26.7 Å². The van der Waals surface area contributed by atoms with Gasteiger partial charge >= 0.3 is 0 Å². The van der Waals surface area contributed by atoms with Crippen LogP contribution in [0, 0.1) is 0 Å². The number of benzene rings is 2. The van der Waals surface area contributed by atoms with E-state index in [0.29, 0.717) is 6.54 Å². The van der Waals surface area contributed by atoms with Crippen LogP contribution in [0.3, 0.4) is 0 Å². The zero-order valence-corrected chi connectivity index (χ0v) is 12.9. The SMILES string of the molecule is COc1ccccc1CC(=O)NCC(OC)c1ccccc1. The van der Waals surface area contributed by atoms with E-state index in [1.807, 2.05) is 54.6 Å². The van der Waals surface area contributed by atoms with Crippen molar-refractivity contribution in [2.75, 3.05) is 20.8 Å². The number of nitrogens with one attached hydrogen (secondary N) is 1. The lowest BCUT2D eigenvalue weighted by Crippen LogP contribution is -2.30. The first-order valence-corrected chi connectivity index (χ1v) is 7.21. The number of carbonyl (C=O) groups is 1. The van der Waals surface area contributed by atoms with Crippen LogP contribution in [0.25, 0.3) is 0 Å². The van der Waals surface area contributed by atoms with Gasteiger partial charge in [-0.15, -0.1) is 0 Å². The molecular weight excluding hydrogens is 278 g/mol. The van der Waals surface area contributed by atoms with Crippen molar-refractivity contribution in [2.45, 2.75) is 12.5 Å². The fourth-order valence-corrected chi connectivity index (χ4v) is 2.30. The lowest BCUT2D eigenvalue weighted by molar-refractivity contribution is -0.121. The van der Waals surface area contributed by atoms with Crippen molar-refractivity contribution in [3.05, 3.63) is 65.7 Å². The Balaban J connectivity index is 1.92. The molecule has 0 aliphatic rings. The molecule has 22 heavy (non-hydrogen) atoms. The maximum absolute atomic E-state index is 12.1. The molecule has 0 bridgehead atoms. The predicted molar refractivity (Wildman–Crippen MR) is 85.9 cm³/mol. The second-order valence-electron chi connectivity index (χ2n) is 4.93. The fourth-order valence-electron chi connectivity index (χ4n) is 2.30. The quantitative estimate of drug-likeness (QED) is 0.855. The normalized spacial score (nSPS) is 11.7. The maximum Gasteiger partial charge on any atom is 0.224 e. The molecule has 0 saturated heterocycles. The molecule has 116 valence electrons. The van der Waals surface area contributed by atoms with Gasteiger partial charge in [0.05, 0.1) is 19.6 Å². The van der Waals surface area contributed by atoms with Gasteiger partial charge in [-0.1, -0.05) is 48.5 Å². The molecule has 1 atom stereocenters. The largest absolute Gasteiger partial charge is 0.496 e. The third-order valence-corrected chi connectivity index (χ3v) is 3.48. The molecule has 2 rings (SSSR count). The molecule has 0 spiro atoms. The van der Waals surface area contributed by atoms with Crippen molar-refractivity contribution in [2.24, 2.45) is 0 Å². The van der Waals surface area contributed by atoms with Crippen LogP contribution in [0.15, 0.2) is 54.6 Å². The van der Waals surface area contributed by atoms with Crippen LogP contribution in [0.1, 0.15) is 17.2 Å². The Hall–Kier alpha value is -2.33. The van der Waals surface area contributed by atoms with Crippen LogP contribution >= 0.6 is 0 Å². The molecule has 0 saturated carbocycles. The summed E-state index contributed by atoms with van der Waals surface area (Å²) in [6.07, 6.45) is 0.137. The minimum Gasteiger partial charge on any atom is -0.496 e. The Kier molecular flexibility index (Phi) is 5.98. The summed E-state index contributed by atoms with van der Waals surface area (Å²) < 4.78 is 10.7. The van der Waals surface area contributed by atoms with Crippen LogP contribution in [-0.2, 0) is 16.0 Å². The molecule has 0 radical (unpaired) electrons. The molecule has 2 aromatic rings. The van der Waals surface area contributed by atoms with E-state index >= 15 is 0 Å². The average Bonchev–Trinajstić information content (AvgIpc) is 2.57. The van der Waals surface area contributed by atoms with E-state index in [1.54, 1.807) is 14.2 Å². The molecule has 0 fully saturated rings. The fraction of sp³-hybridized carbons (Fsp3) is 0.278. The zero-order chi connectivity index (χ0) is 15.8. The minimum absolute atomic E-state index is 0.0533. The molecule has 1 amide bonds. The number of methoxy groups -OCH3 is 2. The summed E-state index contributed by atoms with van der Waals surface area (Å²) in [7, 11) is 3.25. The molecular formula is C18H21NO3. The summed E-state index contributed by atoms with van der Waals surface area (Å²) in [6.45, 7) is 0.439. The number of hydrogen-bond acceptors (Lipinski definition) is 3. The van der Waals surface area contributed by atoms with Crippen molar-refractivity contribution < 1.29 is 14.3 Å². The summed E-state index contributed by atoms with van der Waals surface area (Å²) >= 11 is 0. The van der Waals surface area contributed by atoms with Crippen molar-refractivity contribution in [1.82, 2.24) is 5.32 Å². The number of hydrogen-bond donors (Lipinski definition) is 1. The van der Waals surface area contributed by atoms with Gasteiger partial charge in [0.1, 0.15) is 5.75 Å². The monoisotopic (exact) mass is 299 g/mol. The smallest absolute Gasteiger partial charge is 0.224 e. The van der Waals surface area contributed by atoms with Gasteiger partial charge in [-0.05, 0) is 11.6 Å². The highest BCUT2D eigenvalue weighted by molar-refractivity contribution is 5.79. The minimum atomic E-state index is -0.150. The lowest BCUT2D eigenvalue weighted by atomic mass is 10.1. The van der Waals surface area contributed by atoms with E-state index in [0.717, 1.165) is 16.9 Å². The molecule has 0 aliphatic carbocycles. The van der Waals surface area contributed by atoms with Crippen LogP contribution < -0.4 is 10.1 Å². The van der Waals surface area contributed by atoms with Gasteiger partial charge in [-0.3, -0.25) is 4.79 Å². The topological polar surface area (TPSA) is 47.6 Å². The van der Waals surface area contributed by atoms with Gasteiger partial charge in [-0.25, -0.2) is 0 Å². The lowest BCUT2D eigenvalue weighted by Gasteiger charge is -2.16. The van der Waals surface area contributed by atoms with Gasteiger partial charge in [0.25, 0.3) is 0 Å². The number of rotatable bonds is 7. The molecule has 0 aromatic heterocycles. The van der Waals surface area contributed by atoms with Crippen molar-refractivity contribution >= 4 is 5.91 Å². The van der Waals surface area contributed by atoms with E-state index in [4.69, 9.17) is 9.47 Å². The number of ether oxygens (including phenoxy) is 2. The first-order valence-electron chi connectivity index (χ1n) is 7.21. The number of amides is 1. The second-order valence-corrected chi connectivity index (χ2v) is 4.93. The summed E-state index contributed by atoms with van der Waals surface area (Å²) in [5, 5.41) is 2.91. The first-order chi connectivity index (χ1) is 10.7. The number of para-hydroxylation sites is 1. The van der Waals surface area contributed by atoms with Crippen LogP contribution in [0.2, 0.25) is 0 Å². The third kappa shape index (κ3) is 4.33. The molecule has 0 heterocycles. The maximum atomic E-state index is 12.1. The van der Waals surface area contributed by atoms with Crippen molar-refractivity contribution in [1.29, 1.82) is 0 Å². The standard InChI is InChI=1S/C18H21NO3/c1-21-16-11-7-6-10-15(16)12-18(20)19-13-17(22-2)14-8-4-3-5-9-14/h3-11,17H,12-13H2,1-2H3,(H,19,20). The Morgan fingerprint density at radius 1 is 1.05 bits per heavy atom. The summed E-state index contributed by atoms with van der Waals surface area (Å²) in [5.74, 6) is 0.673. The van der Waals surface area contributed by atoms with Crippen molar-refractivity contribution in [3.8, 4) is 5.75 Å². The Labute approximate surface area is 131 Å². The van der Waals surface area contributed by atoms with E-state index in [1.165, 1.54) is 0 Å². The molecule has 1 N–H and O–H groups in total. The van der Waals surface area contributed by atoms with Crippen LogP contribution in [0.5, 0.6) is 5.75 Å². The third-order valence-electron chi connectivity index (χ3n) is 3.48. The average molecular weight is 299 g/mol. The molecule has 1 unspecified atom stereocenters. The summed E-state index contributed by atoms with van der Waals surface area (Å²) in [6, 6.07) is 17.4. The van der Waals surface area contributed by atoms with Gasteiger partial charge in [0.2, 0.25) is 5.91 Å². The summed E-state index contributed by atoms with van der Waals surface area (Å²) in [5.41, 5.74) is 1.92. The van der Waals surface area contributed by atoms with E-state index < -0.39 is 0 Å². The van der Waals surface area contributed by atoms with Gasteiger partial charge < -0.3 is 14.8 Å². The Morgan fingerprint density at radius 3 is 2.41 bits per heavy atom. The van der Waals surface area contributed by atoms with E-state index in [2.05, 4.69) is 5.32 Å². The van der Waals surface area contributed by atoms with Gasteiger partial charge in [0.15, 0.2) is 0 Å². The molecule has 4 heteroatoms. The Bertz CT molecular complexity index is 598. The highest BCUT2D eigenvalue weighted by atomic mass is 16.5. The summed E-state index contributed by atoms with van der Waals surface area (Å²) in [4.78, 5) is 12.1. The zero-order valence-electron chi connectivity index (χ0n) is 12.9. The number of carbonyl (C=O) groups excluding carboxylic acids is 1. The highest BCUT2D eigenvalue weighted by Crippen LogP contribution is 2.18. The van der Waals surface area contributed by atoms with Gasteiger partial charge in [-0.2, -0.15) is 0 Å². The molecule has 2 aromatic carbocycles. The Morgan fingerprint density at radius 2 is 1.73 bits per heavy atom. The van der Waals surface area contributed by atoms with Gasteiger partial charge in [0, 0.05) is 19.2 Å². The first kappa shape index (κ1) is 16.0. The highest BCUT2D eigenvalue weighted by Gasteiger charge is 2.13. The molecule has 0 aliphatic heterocycles.